The highest BCUT2D eigenvalue weighted by Gasteiger charge is 2.21. The van der Waals surface area contributed by atoms with E-state index in [-0.39, 0.29) is 23.1 Å². The summed E-state index contributed by atoms with van der Waals surface area (Å²) in [4.78, 5) is 28.7. The second-order valence-electron chi connectivity index (χ2n) is 7.08. The van der Waals surface area contributed by atoms with Gasteiger partial charge in [0, 0.05) is 22.5 Å². The number of ether oxygens (including phenoxy) is 1. The fraction of sp³-hybridized carbons (Fsp3) is 0.286. The fourth-order valence-corrected chi connectivity index (χ4v) is 3.91. The Hall–Kier alpha value is -2.59. The first-order valence-electron chi connectivity index (χ1n) is 9.61. The molecule has 0 aliphatic rings. The van der Waals surface area contributed by atoms with Crippen LogP contribution in [0, 0.1) is 10.1 Å². The molecule has 10 heteroatoms. The van der Waals surface area contributed by atoms with E-state index < -0.39 is 4.92 Å². The number of aromatic nitrogens is 2. The third-order valence-corrected chi connectivity index (χ3v) is 5.35. The van der Waals surface area contributed by atoms with Crippen molar-refractivity contribution in [1.82, 2.24) is 9.66 Å². The number of nitro benzene ring substituents is 1. The quantitative estimate of drug-likeness (QED) is 0.221. The molecule has 0 atom stereocenters. The van der Waals surface area contributed by atoms with Crippen LogP contribution in [0.25, 0.3) is 10.9 Å². The summed E-state index contributed by atoms with van der Waals surface area (Å²) >= 11 is 6.71. The van der Waals surface area contributed by atoms with Crippen molar-refractivity contribution >= 4 is 54.7 Å². The standard InChI is InChI=1S/C21H20Br2N4O4/c1-4-5-19-25-17-7-6-14(22)10-15(17)21(28)26(19)24-11-13-8-16(23)20(31-12(2)3)18(9-13)27(29)30/h6-12H,4-5H2,1-3H3. The molecule has 0 aliphatic carbocycles. The van der Waals surface area contributed by atoms with E-state index in [1.54, 1.807) is 32.0 Å². The third kappa shape index (κ3) is 5.19. The van der Waals surface area contributed by atoms with Gasteiger partial charge in [-0.1, -0.05) is 22.9 Å². The molecule has 1 aromatic heterocycles. The van der Waals surface area contributed by atoms with Crippen molar-refractivity contribution in [3.63, 3.8) is 0 Å². The Bertz CT molecular complexity index is 1240. The largest absolute Gasteiger partial charge is 0.483 e. The summed E-state index contributed by atoms with van der Waals surface area (Å²) < 4.78 is 8.02. The highest BCUT2D eigenvalue weighted by Crippen LogP contribution is 2.36. The molecule has 0 radical (unpaired) electrons. The summed E-state index contributed by atoms with van der Waals surface area (Å²) in [5, 5.41) is 16.3. The van der Waals surface area contributed by atoms with Crippen molar-refractivity contribution < 1.29 is 9.66 Å². The van der Waals surface area contributed by atoms with Crippen LogP contribution in [0.1, 0.15) is 38.6 Å². The predicted molar refractivity (Wildman–Crippen MR) is 127 cm³/mol. The molecule has 0 amide bonds. The van der Waals surface area contributed by atoms with Crippen molar-refractivity contribution in [2.45, 2.75) is 39.7 Å². The number of fused-ring (bicyclic) bond motifs is 1. The van der Waals surface area contributed by atoms with Crippen molar-refractivity contribution in [1.29, 1.82) is 0 Å². The Morgan fingerprint density at radius 2 is 2.03 bits per heavy atom. The van der Waals surface area contributed by atoms with Crippen LogP contribution in [0.4, 0.5) is 5.69 Å². The van der Waals surface area contributed by atoms with E-state index >= 15 is 0 Å². The second-order valence-corrected chi connectivity index (χ2v) is 8.85. The lowest BCUT2D eigenvalue weighted by molar-refractivity contribution is -0.386. The Labute approximate surface area is 195 Å². The molecular formula is C21H20Br2N4O4. The molecule has 0 unspecified atom stereocenters. The number of hydrogen-bond donors (Lipinski definition) is 0. The normalized spacial score (nSPS) is 11.5. The molecule has 3 aromatic rings. The first kappa shape index (κ1) is 23.1. The van der Waals surface area contributed by atoms with Crippen molar-refractivity contribution in [3.8, 4) is 5.75 Å². The zero-order valence-electron chi connectivity index (χ0n) is 17.1. The molecule has 0 aliphatic heterocycles. The number of hydrogen-bond acceptors (Lipinski definition) is 6. The van der Waals surface area contributed by atoms with Gasteiger partial charge in [0.2, 0.25) is 5.75 Å². The van der Waals surface area contributed by atoms with E-state index in [4.69, 9.17) is 4.74 Å². The topological polar surface area (TPSA) is 99.6 Å². The zero-order valence-corrected chi connectivity index (χ0v) is 20.3. The van der Waals surface area contributed by atoms with Gasteiger partial charge in [-0.3, -0.25) is 14.9 Å². The average molecular weight is 552 g/mol. The minimum Gasteiger partial charge on any atom is -0.483 e. The number of halogens is 2. The van der Waals surface area contributed by atoms with E-state index in [1.165, 1.54) is 17.0 Å². The highest BCUT2D eigenvalue weighted by atomic mass is 79.9. The smallest absolute Gasteiger partial charge is 0.312 e. The monoisotopic (exact) mass is 550 g/mol. The lowest BCUT2D eigenvalue weighted by Crippen LogP contribution is -2.22. The maximum absolute atomic E-state index is 13.1. The molecule has 162 valence electrons. The number of benzene rings is 2. The summed E-state index contributed by atoms with van der Waals surface area (Å²) in [6, 6.07) is 8.33. The zero-order chi connectivity index (χ0) is 22.7. The molecule has 0 fully saturated rings. The molecule has 8 nitrogen and oxygen atoms in total. The molecular weight excluding hydrogens is 532 g/mol. The van der Waals surface area contributed by atoms with Crippen LogP contribution >= 0.6 is 31.9 Å². The van der Waals surface area contributed by atoms with E-state index in [9.17, 15) is 14.9 Å². The minimum atomic E-state index is -0.510. The summed E-state index contributed by atoms with van der Waals surface area (Å²) in [7, 11) is 0. The highest BCUT2D eigenvalue weighted by molar-refractivity contribution is 9.10. The van der Waals surface area contributed by atoms with Gasteiger partial charge in [-0.15, -0.1) is 0 Å². The van der Waals surface area contributed by atoms with Gasteiger partial charge in [-0.2, -0.15) is 9.78 Å². The number of nitro groups is 1. The molecule has 31 heavy (non-hydrogen) atoms. The van der Waals surface area contributed by atoms with Crippen LogP contribution in [-0.2, 0) is 6.42 Å². The van der Waals surface area contributed by atoms with Crippen LogP contribution in [0.2, 0.25) is 0 Å². The van der Waals surface area contributed by atoms with Crippen LogP contribution in [0.15, 0.2) is 49.2 Å². The van der Waals surface area contributed by atoms with E-state index in [0.717, 1.165) is 10.9 Å². The van der Waals surface area contributed by atoms with E-state index in [2.05, 4.69) is 41.9 Å². The number of nitrogens with zero attached hydrogens (tertiary/aromatic N) is 4. The van der Waals surface area contributed by atoms with Gasteiger partial charge < -0.3 is 4.74 Å². The van der Waals surface area contributed by atoms with Crippen molar-refractivity contribution in [3.05, 3.63) is 71.1 Å². The van der Waals surface area contributed by atoms with Gasteiger partial charge in [0.05, 0.1) is 32.6 Å². The van der Waals surface area contributed by atoms with Crippen LogP contribution < -0.4 is 10.3 Å². The minimum absolute atomic E-state index is 0.151. The molecule has 2 aromatic carbocycles. The van der Waals surface area contributed by atoms with Gasteiger partial charge in [0.15, 0.2) is 0 Å². The SMILES string of the molecule is CCCc1nc2ccc(Br)cc2c(=O)n1N=Cc1cc(Br)c(OC(C)C)c([N+](=O)[O-])c1. The Morgan fingerprint density at radius 1 is 1.29 bits per heavy atom. The molecule has 0 saturated heterocycles. The van der Waals surface area contributed by atoms with Crippen molar-refractivity contribution in [2.24, 2.45) is 5.10 Å². The number of aryl methyl sites for hydroxylation is 1. The van der Waals surface area contributed by atoms with E-state index in [0.29, 0.717) is 33.2 Å². The maximum atomic E-state index is 13.1. The Balaban J connectivity index is 2.12. The number of rotatable bonds is 7. The molecule has 0 saturated carbocycles. The van der Waals surface area contributed by atoms with Crippen LogP contribution in [0.3, 0.4) is 0 Å². The van der Waals surface area contributed by atoms with Gasteiger partial charge in [-0.05, 0) is 60.5 Å². The maximum Gasteiger partial charge on any atom is 0.312 e. The summed E-state index contributed by atoms with van der Waals surface area (Å²) in [6.45, 7) is 5.57. The first-order valence-corrected chi connectivity index (χ1v) is 11.2. The van der Waals surface area contributed by atoms with Crippen LogP contribution in [-0.4, -0.2) is 26.9 Å². The van der Waals surface area contributed by atoms with Crippen LogP contribution in [0.5, 0.6) is 5.75 Å². The molecule has 0 spiro atoms. The summed E-state index contributed by atoms with van der Waals surface area (Å²) in [5.74, 6) is 0.671. The van der Waals surface area contributed by atoms with Crippen molar-refractivity contribution in [2.75, 3.05) is 0 Å². The van der Waals surface area contributed by atoms with Gasteiger partial charge in [0.1, 0.15) is 5.82 Å². The third-order valence-electron chi connectivity index (χ3n) is 4.27. The lowest BCUT2D eigenvalue weighted by Gasteiger charge is -2.12. The summed E-state index contributed by atoms with van der Waals surface area (Å²) in [5.41, 5.74) is 0.542. The predicted octanol–water partition coefficient (Wildman–Crippen LogP) is 5.45. The molecule has 1 heterocycles. The summed E-state index contributed by atoms with van der Waals surface area (Å²) in [6.07, 6.45) is 2.52. The van der Waals surface area contributed by atoms with Gasteiger partial charge in [-0.25, -0.2) is 4.98 Å². The first-order chi connectivity index (χ1) is 14.7. The Morgan fingerprint density at radius 3 is 2.68 bits per heavy atom. The molecule has 0 N–H and O–H groups in total. The molecule has 3 rings (SSSR count). The second kappa shape index (κ2) is 9.69. The van der Waals surface area contributed by atoms with E-state index in [1.807, 2.05) is 13.0 Å². The van der Waals surface area contributed by atoms with Gasteiger partial charge in [0.25, 0.3) is 5.56 Å². The van der Waals surface area contributed by atoms with Gasteiger partial charge >= 0.3 is 5.69 Å². The fourth-order valence-electron chi connectivity index (χ4n) is 2.99. The average Bonchev–Trinajstić information content (AvgIpc) is 2.69. The lowest BCUT2D eigenvalue weighted by atomic mass is 10.2. The molecule has 0 bridgehead atoms. The Kier molecular flexibility index (Phi) is 7.22.